The molecule has 1 heterocycles. The number of carbonyl (C=O) groups excluding carboxylic acids is 1. The summed E-state index contributed by atoms with van der Waals surface area (Å²) >= 11 is 0. The fourth-order valence-corrected chi connectivity index (χ4v) is 2.75. The van der Waals surface area contributed by atoms with Crippen LogP contribution >= 0.6 is 0 Å². The van der Waals surface area contributed by atoms with Crippen LogP contribution in [0.5, 0.6) is 0 Å². The Morgan fingerprint density at radius 1 is 1.16 bits per heavy atom. The number of carbonyl (C=O) groups is 1. The van der Waals surface area contributed by atoms with Crippen LogP contribution in [0.25, 0.3) is 0 Å². The molecule has 3 nitrogen and oxygen atoms in total. The van der Waals surface area contributed by atoms with E-state index in [-0.39, 0.29) is 5.78 Å². The molecular formula is C16H24N2O. The molecule has 2 unspecified atom stereocenters. The maximum atomic E-state index is 11.3. The van der Waals surface area contributed by atoms with Crippen molar-refractivity contribution >= 4 is 5.78 Å². The highest BCUT2D eigenvalue weighted by Crippen LogP contribution is 2.16. The second-order valence-electron chi connectivity index (χ2n) is 5.81. The maximum Gasteiger partial charge on any atom is 0.159 e. The maximum absolute atomic E-state index is 11.3. The lowest BCUT2D eigenvalue weighted by atomic mass is 10.1. The zero-order valence-corrected chi connectivity index (χ0v) is 12.4. The first-order chi connectivity index (χ1) is 8.97. The van der Waals surface area contributed by atoms with Gasteiger partial charge in [0.25, 0.3) is 0 Å². The van der Waals surface area contributed by atoms with Crippen molar-refractivity contribution in [1.29, 1.82) is 0 Å². The smallest absolute Gasteiger partial charge is 0.159 e. The Labute approximate surface area is 116 Å². The average molecular weight is 260 g/mol. The molecule has 0 radical (unpaired) electrons. The quantitative estimate of drug-likeness (QED) is 0.780. The number of hydrogen-bond acceptors (Lipinski definition) is 3. The molecule has 2 rings (SSSR count). The lowest BCUT2D eigenvalue weighted by Gasteiger charge is -2.42. The number of Topliss-reactive ketones (excluding diaryl/α,β-unsaturated/α-hetero) is 1. The van der Waals surface area contributed by atoms with Gasteiger partial charge in [-0.1, -0.05) is 24.3 Å². The molecule has 1 saturated heterocycles. The first kappa shape index (κ1) is 14.2. The molecule has 0 N–H and O–H groups in total. The van der Waals surface area contributed by atoms with Crippen molar-refractivity contribution in [3.63, 3.8) is 0 Å². The Bertz CT molecular complexity index is 429. The molecule has 0 aromatic heterocycles. The van der Waals surface area contributed by atoms with Gasteiger partial charge in [0.15, 0.2) is 5.78 Å². The molecule has 19 heavy (non-hydrogen) atoms. The summed E-state index contributed by atoms with van der Waals surface area (Å²) in [6.45, 7) is 9.35. The van der Waals surface area contributed by atoms with Crippen LogP contribution in [0.2, 0.25) is 0 Å². The highest BCUT2D eigenvalue weighted by Gasteiger charge is 2.26. The van der Waals surface area contributed by atoms with E-state index in [1.165, 1.54) is 5.56 Å². The van der Waals surface area contributed by atoms with Gasteiger partial charge in [-0.3, -0.25) is 14.6 Å². The van der Waals surface area contributed by atoms with Crippen LogP contribution in [0.1, 0.15) is 36.7 Å². The van der Waals surface area contributed by atoms with Gasteiger partial charge in [-0.05, 0) is 33.4 Å². The van der Waals surface area contributed by atoms with Crippen LogP contribution in [-0.2, 0) is 6.54 Å². The van der Waals surface area contributed by atoms with Crippen LogP contribution < -0.4 is 0 Å². The summed E-state index contributed by atoms with van der Waals surface area (Å²) in [7, 11) is 2.20. The summed E-state index contributed by atoms with van der Waals surface area (Å²) in [4.78, 5) is 16.2. The molecule has 1 fully saturated rings. The fourth-order valence-electron chi connectivity index (χ4n) is 2.75. The predicted octanol–water partition coefficient (Wildman–Crippen LogP) is 2.41. The third-order valence-corrected chi connectivity index (χ3v) is 4.20. The summed E-state index contributed by atoms with van der Waals surface area (Å²) in [5.41, 5.74) is 2.08. The first-order valence-corrected chi connectivity index (χ1v) is 7.01. The number of hydrogen-bond donors (Lipinski definition) is 0. The first-order valence-electron chi connectivity index (χ1n) is 7.01. The zero-order valence-electron chi connectivity index (χ0n) is 12.4. The Morgan fingerprint density at radius 3 is 2.16 bits per heavy atom. The van der Waals surface area contributed by atoms with Gasteiger partial charge in [0.2, 0.25) is 0 Å². The fraction of sp³-hybridized carbons (Fsp3) is 0.562. The minimum atomic E-state index is 0.133. The number of rotatable bonds is 3. The van der Waals surface area contributed by atoms with E-state index in [1.807, 2.05) is 12.1 Å². The van der Waals surface area contributed by atoms with E-state index in [0.717, 1.165) is 25.2 Å². The number of likely N-dealkylation sites (N-methyl/N-ethyl adjacent to an activating group) is 1. The summed E-state index contributed by atoms with van der Waals surface area (Å²) in [5, 5.41) is 0. The largest absolute Gasteiger partial charge is 0.298 e. The average Bonchev–Trinajstić information content (AvgIpc) is 2.36. The van der Waals surface area contributed by atoms with E-state index in [4.69, 9.17) is 0 Å². The van der Waals surface area contributed by atoms with E-state index >= 15 is 0 Å². The van der Waals surface area contributed by atoms with E-state index in [0.29, 0.717) is 12.1 Å². The summed E-state index contributed by atoms with van der Waals surface area (Å²) in [6, 6.07) is 9.20. The van der Waals surface area contributed by atoms with E-state index in [2.05, 4.69) is 42.8 Å². The van der Waals surface area contributed by atoms with Gasteiger partial charge in [-0.15, -0.1) is 0 Å². The van der Waals surface area contributed by atoms with Gasteiger partial charge in [-0.2, -0.15) is 0 Å². The molecule has 2 atom stereocenters. The molecule has 0 spiro atoms. The molecule has 0 aliphatic carbocycles. The summed E-state index contributed by atoms with van der Waals surface area (Å²) in [6.07, 6.45) is 0. The van der Waals surface area contributed by atoms with Crippen LogP contribution in [0.3, 0.4) is 0 Å². The molecule has 1 aliphatic heterocycles. The molecule has 1 aliphatic rings. The van der Waals surface area contributed by atoms with Crippen LogP contribution in [0.4, 0.5) is 0 Å². The Kier molecular flexibility index (Phi) is 4.38. The predicted molar refractivity (Wildman–Crippen MR) is 78.4 cm³/mol. The molecule has 0 saturated carbocycles. The molecule has 104 valence electrons. The van der Waals surface area contributed by atoms with Gasteiger partial charge >= 0.3 is 0 Å². The second-order valence-corrected chi connectivity index (χ2v) is 5.81. The number of nitrogens with zero attached hydrogens (tertiary/aromatic N) is 2. The van der Waals surface area contributed by atoms with Crippen molar-refractivity contribution in [1.82, 2.24) is 9.80 Å². The van der Waals surface area contributed by atoms with Crippen LogP contribution in [0, 0.1) is 0 Å². The second kappa shape index (κ2) is 5.85. The number of piperazine rings is 1. The highest BCUT2D eigenvalue weighted by molar-refractivity contribution is 5.93. The molecular weight excluding hydrogens is 236 g/mol. The van der Waals surface area contributed by atoms with Crippen molar-refractivity contribution in [2.24, 2.45) is 0 Å². The number of benzene rings is 1. The minimum Gasteiger partial charge on any atom is -0.298 e. The lowest BCUT2D eigenvalue weighted by Crippen LogP contribution is -2.54. The van der Waals surface area contributed by atoms with E-state index in [1.54, 1.807) is 6.92 Å². The molecule has 0 amide bonds. The van der Waals surface area contributed by atoms with Crippen molar-refractivity contribution in [2.45, 2.75) is 39.4 Å². The normalized spacial score (nSPS) is 25.5. The minimum absolute atomic E-state index is 0.133. The Morgan fingerprint density at radius 2 is 1.68 bits per heavy atom. The summed E-state index contributed by atoms with van der Waals surface area (Å²) in [5.74, 6) is 0.133. The Hall–Kier alpha value is -1.19. The third-order valence-electron chi connectivity index (χ3n) is 4.20. The van der Waals surface area contributed by atoms with Crippen molar-refractivity contribution < 1.29 is 4.79 Å². The number of ketones is 1. The standard InChI is InChI=1S/C16H24N2O/c1-12-9-18(10-13(2)17(12)4)11-15-5-7-16(8-6-15)14(3)19/h5-8,12-13H,9-11H2,1-4H3. The van der Waals surface area contributed by atoms with Gasteiger partial charge in [0, 0.05) is 37.3 Å². The SMILES string of the molecule is CC(=O)c1ccc(CN2CC(C)N(C)C(C)C2)cc1. The highest BCUT2D eigenvalue weighted by atomic mass is 16.1. The van der Waals surface area contributed by atoms with Crippen molar-refractivity contribution in [3.8, 4) is 0 Å². The molecule has 0 bridgehead atoms. The van der Waals surface area contributed by atoms with Gasteiger partial charge in [0.1, 0.15) is 0 Å². The van der Waals surface area contributed by atoms with Gasteiger partial charge in [0.05, 0.1) is 0 Å². The lowest BCUT2D eigenvalue weighted by molar-refractivity contribution is 0.0556. The van der Waals surface area contributed by atoms with Crippen LogP contribution in [0.15, 0.2) is 24.3 Å². The van der Waals surface area contributed by atoms with Crippen molar-refractivity contribution in [2.75, 3.05) is 20.1 Å². The third kappa shape index (κ3) is 3.43. The van der Waals surface area contributed by atoms with E-state index < -0.39 is 0 Å². The van der Waals surface area contributed by atoms with Gasteiger partial charge < -0.3 is 0 Å². The van der Waals surface area contributed by atoms with E-state index in [9.17, 15) is 4.79 Å². The summed E-state index contributed by atoms with van der Waals surface area (Å²) < 4.78 is 0. The van der Waals surface area contributed by atoms with Crippen LogP contribution in [-0.4, -0.2) is 47.8 Å². The molecule has 3 heteroatoms. The monoisotopic (exact) mass is 260 g/mol. The van der Waals surface area contributed by atoms with Gasteiger partial charge in [-0.25, -0.2) is 0 Å². The molecule has 1 aromatic rings. The Balaban J connectivity index is 1.99. The zero-order chi connectivity index (χ0) is 14.0. The molecule has 1 aromatic carbocycles. The van der Waals surface area contributed by atoms with Crippen molar-refractivity contribution in [3.05, 3.63) is 35.4 Å². The topological polar surface area (TPSA) is 23.6 Å².